The molecule has 4 aromatic carbocycles. The van der Waals surface area contributed by atoms with E-state index in [0.717, 1.165) is 45.8 Å². The number of fused-ring (bicyclic) bond motifs is 1. The quantitative estimate of drug-likeness (QED) is 0.0993. The van der Waals surface area contributed by atoms with Crippen LogP contribution in [0, 0.1) is 26.1 Å². The summed E-state index contributed by atoms with van der Waals surface area (Å²) in [6.07, 6.45) is 4.03. The summed E-state index contributed by atoms with van der Waals surface area (Å²) in [6.45, 7) is 4.59. The average Bonchev–Trinajstić information content (AvgIpc) is 3.55. The van der Waals surface area contributed by atoms with Gasteiger partial charge in [0.1, 0.15) is 5.75 Å². The number of nitro benzene ring substituents is 2. The number of nitrogens with zero attached hydrogens (tertiary/aromatic N) is 5. The molecule has 5 rings (SSSR count). The molecule has 2 atom stereocenters. The van der Waals surface area contributed by atoms with Crippen molar-refractivity contribution in [1.82, 2.24) is 19.8 Å². The Bertz CT molecular complexity index is 1970. The van der Waals surface area contributed by atoms with Crippen molar-refractivity contribution >= 4 is 34.0 Å². The van der Waals surface area contributed by atoms with Crippen LogP contribution in [0.3, 0.4) is 0 Å². The first-order chi connectivity index (χ1) is 24.1. The Morgan fingerprint density at radius 3 is 2.30 bits per heavy atom. The van der Waals surface area contributed by atoms with E-state index >= 15 is 0 Å². The molecule has 258 valence electrons. The molecule has 0 aliphatic carbocycles. The number of nitro groups is 2. The molecule has 1 heterocycles. The molecule has 13 heteroatoms. The highest BCUT2D eigenvalue weighted by atomic mass is 16.6. The van der Waals surface area contributed by atoms with Gasteiger partial charge in [-0.25, -0.2) is 4.98 Å². The highest BCUT2D eigenvalue weighted by Gasteiger charge is 2.28. The van der Waals surface area contributed by atoms with Crippen LogP contribution in [-0.2, 0) is 24.3 Å². The van der Waals surface area contributed by atoms with Crippen molar-refractivity contribution < 1.29 is 24.2 Å². The number of carbonyl (C=O) groups is 2. The van der Waals surface area contributed by atoms with E-state index in [9.17, 15) is 29.8 Å². The van der Waals surface area contributed by atoms with Crippen LogP contribution in [0.2, 0.25) is 0 Å². The van der Waals surface area contributed by atoms with Gasteiger partial charge in [-0.15, -0.1) is 0 Å². The second-order valence-corrected chi connectivity index (χ2v) is 12.2. The number of aromatic nitrogens is 2. The fourth-order valence-electron chi connectivity index (χ4n) is 5.84. The number of nitrogens with one attached hydrogen (secondary N) is 1. The third kappa shape index (κ3) is 8.48. The first-order valence-electron chi connectivity index (χ1n) is 16.2. The van der Waals surface area contributed by atoms with Gasteiger partial charge in [-0.2, -0.15) is 0 Å². The second kappa shape index (κ2) is 15.9. The Labute approximate surface area is 288 Å². The predicted molar refractivity (Wildman–Crippen MR) is 188 cm³/mol. The maximum atomic E-state index is 14.2. The number of carbonyl (C=O) groups excluding carboxylic acids is 2. The molecule has 13 nitrogen and oxygen atoms in total. The van der Waals surface area contributed by atoms with Crippen molar-refractivity contribution in [2.75, 3.05) is 13.7 Å². The van der Waals surface area contributed by atoms with Crippen molar-refractivity contribution in [3.63, 3.8) is 0 Å². The summed E-state index contributed by atoms with van der Waals surface area (Å²) in [5.74, 6) is -0.239. The van der Waals surface area contributed by atoms with Crippen LogP contribution in [0.1, 0.15) is 47.4 Å². The zero-order chi connectivity index (χ0) is 35.8. The zero-order valence-electron chi connectivity index (χ0n) is 28.0. The smallest absolute Gasteiger partial charge is 0.277 e. The molecule has 1 N–H and O–H groups in total. The molecule has 50 heavy (non-hydrogen) atoms. The number of non-ortho nitro benzene ring substituents is 2. The highest BCUT2D eigenvalue weighted by molar-refractivity contribution is 5.96. The molecule has 0 saturated heterocycles. The van der Waals surface area contributed by atoms with Crippen LogP contribution in [0.4, 0.5) is 11.4 Å². The summed E-state index contributed by atoms with van der Waals surface area (Å²) < 4.78 is 7.14. The fraction of sp³-hybridized carbons (Fsp3) is 0.270. The first-order valence-corrected chi connectivity index (χ1v) is 16.2. The van der Waals surface area contributed by atoms with E-state index in [1.165, 1.54) is 4.90 Å². The summed E-state index contributed by atoms with van der Waals surface area (Å²) in [5, 5.41) is 28.3. The first kappa shape index (κ1) is 35.2. The summed E-state index contributed by atoms with van der Waals surface area (Å²) >= 11 is 0. The minimum atomic E-state index is -0.764. The summed E-state index contributed by atoms with van der Waals surface area (Å²) in [4.78, 5) is 55.4. The lowest BCUT2D eigenvalue weighted by atomic mass is 9.97. The molecular weight excluding hydrogens is 640 g/mol. The fourth-order valence-corrected chi connectivity index (χ4v) is 5.84. The monoisotopic (exact) mass is 678 g/mol. The maximum Gasteiger partial charge on any atom is 0.277 e. The minimum absolute atomic E-state index is 0.0391. The number of amides is 2. The number of imidazole rings is 1. The van der Waals surface area contributed by atoms with E-state index in [4.69, 9.17) is 4.74 Å². The Kier molecular flexibility index (Phi) is 11.2. The zero-order valence-corrected chi connectivity index (χ0v) is 28.0. The van der Waals surface area contributed by atoms with Gasteiger partial charge in [-0.1, -0.05) is 74.9 Å². The van der Waals surface area contributed by atoms with Gasteiger partial charge in [0.25, 0.3) is 17.3 Å². The van der Waals surface area contributed by atoms with Crippen LogP contribution < -0.4 is 10.1 Å². The van der Waals surface area contributed by atoms with Crippen molar-refractivity contribution in [3.05, 3.63) is 140 Å². The normalized spacial score (nSPS) is 12.2. The van der Waals surface area contributed by atoms with Gasteiger partial charge in [-0.3, -0.25) is 29.8 Å². The standard InChI is InChI=1S/C37H38N6O7/c1-4-25(2)35(39-36(44)19-32-20-38-24-41(32)21-26-12-14-33(50-3)15-13-26)23-40(22-28-10-7-9-27-8-5-6-11-34(27)28)37(45)29-16-30(42(46)47)18-31(17-29)43(48)49/h5-18,20,24-25,35H,4,19,21-23H2,1-3H3,(H,39,44)/t25-,35+/m0/s1. The van der Waals surface area contributed by atoms with Crippen LogP contribution in [0.5, 0.6) is 5.75 Å². The van der Waals surface area contributed by atoms with Crippen LogP contribution >= 0.6 is 0 Å². The van der Waals surface area contributed by atoms with Gasteiger partial charge in [0.15, 0.2) is 0 Å². The third-order valence-electron chi connectivity index (χ3n) is 8.85. The molecule has 2 amide bonds. The molecule has 0 aliphatic rings. The van der Waals surface area contributed by atoms with Crippen LogP contribution in [0.25, 0.3) is 10.8 Å². The number of hydrogen-bond acceptors (Lipinski definition) is 8. The lowest BCUT2D eigenvalue weighted by Gasteiger charge is -2.32. The molecule has 0 bridgehead atoms. The van der Waals surface area contributed by atoms with Gasteiger partial charge in [-0.05, 0) is 39.9 Å². The molecule has 0 unspecified atom stereocenters. The Morgan fingerprint density at radius 2 is 1.64 bits per heavy atom. The van der Waals surface area contributed by atoms with E-state index < -0.39 is 33.2 Å². The average molecular weight is 679 g/mol. The summed E-state index contributed by atoms with van der Waals surface area (Å²) in [7, 11) is 1.60. The minimum Gasteiger partial charge on any atom is -0.497 e. The van der Waals surface area contributed by atoms with Gasteiger partial charge in [0, 0.05) is 49.7 Å². The topological polar surface area (TPSA) is 163 Å². The molecule has 0 saturated carbocycles. The van der Waals surface area contributed by atoms with Crippen molar-refractivity contribution in [1.29, 1.82) is 0 Å². The van der Waals surface area contributed by atoms with Gasteiger partial charge < -0.3 is 19.5 Å². The molecule has 0 radical (unpaired) electrons. The number of benzene rings is 4. The van der Waals surface area contributed by atoms with Crippen LogP contribution in [0.15, 0.2) is 97.5 Å². The Morgan fingerprint density at radius 1 is 0.960 bits per heavy atom. The number of rotatable bonds is 15. The van der Waals surface area contributed by atoms with E-state index in [1.807, 2.05) is 85.1 Å². The number of ether oxygens (including phenoxy) is 1. The molecule has 1 aromatic heterocycles. The van der Waals surface area contributed by atoms with E-state index in [0.29, 0.717) is 18.7 Å². The molecule has 5 aromatic rings. The third-order valence-corrected chi connectivity index (χ3v) is 8.85. The molecule has 0 spiro atoms. The van der Waals surface area contributed by atoms with Crippen LogP contribution in [-0.4, -0.2) is 55.8 Å². The lowest BCUT2D eigenvalue weighted by molar-refractivity contribution is -0.394. The molecular formula is C37H38N6O7. The van der Waals surface area contributed by atoms with Crippen molar-refractivity contribution in [3.8, 4) is 5.75 Å². The number of methoxy groups -OCH3 is 1. The molecule has 0 fully saturated rings. The SMILES string of the molecule is CC[C@H](C)[C@@H](CN(Cc1cccc2ccccc12)C(=O)c1cc([N+](=O)[O-])cc([N+](=O)[O-])c1)NC(=O)Cc1cncn1Cc1ccc(OC)cc1. The second-order valence-electron chi connectivity index (χ2n) is 12.2. The Hall–Kier alpha value is -6.11. The maximum absolute atomic E-state index is 14.2. The summed E-state index contributed by atoms with van der Waals surface area (Å²) in [5.41, 5.74) is 1.20. The van der Waals surface area contributed by atoms with E-state index in [1.54, 1.807) is 19.6 Å². The van der Waals surface area contributed by atoms with E-state index in [2.05, 4.69) is 10.3 Å². The Balaban J connectivity index is 1.43. The van der Waals surface area contributed by atoms with Crippen molar-refractivity contribution in [2.45, 2.75) is 45.8 Å². The highest BCUT2D eigenvalue weighted by Crippen LogP contribution is 2.26. The van der Waals surface area contributed by atoms with E-state index in [-0.39, 0.29) is 36.9 Å². The number of hydrogen-bond donors (Lipinski definition) is 1. The van der Waals surface area contributed by atoms with Gasteiger partial charge >= 0.3 is 0 Å². The largest absolute Gasteiger partial charge is 0.497 e. The molecule has 0 aliphatic heterocycles. The summed E-state index contributed by atoms with van der Waals surface area (Å²) in [6, 6.07) is 23.4. The van der Waals surface area contributed by atoms with Gasteiger partial charge in [0.2, 0.25) is 5.91 Å². The van der Waals surface area contributed by atoms with Crippen molar-refractivity contribution in [2.24, 2.45) is 5.92 Å². The van der Waals surface area contributed by atoms with Gasteiger partial charge in [0.05, 0.1) is 41.3 Å². The predicted octanol–water partition coefficient (Wildman–Crippen LogP) is 6.33. The lowest BCUT2D eigenvalue weighted by Crippen LogP contribution is -2.49.